The summed E-state index contributed by atoms with van der Waals surface area (Å²) in [6.07, 6.45) is 1.84. The molecule has 0 saturated heterocycles. The Morgan fingerprint density at radius 2 is 1.87 bits per heavy atom. The minimum Gasteiger partial charge on any atom is -0.489 e. The van der Waals surface area contributed by atoms with Crippen molar-refractivity contribution in [2.45, 2.75) is 45.6 Å². The first-order chi connectivity index (χ1) is 18.3. The number of hydrogen-bond acceptors (Lipinski definition) is 5. The lowest BCUT2D eigenvalue weighted by molar-refractivity contribution is -0.116. The van der Waals surface area contributed by atoms with Crippen molar-refractivity contribution in [1.29, 1.82) is 5.26 Å². The summed E-state index contributed by atoms with van der Waals surface area (Å²) in [7, 11) is 0. The molecule has 0 amide bonds. The van der Waals surface area contributed by atoms with Gasteiger partial charge in [0, 0.05) is 22.2 Å². The van der Waals surface area contributed by atoms with E-state index in [2.05, 4.69) is 22.0 Å². The molecule has 5 rings (SSSR count). The molecule has 7 heteroatoms. The maximum atomic E-state index is 13.5. The predicted molar refractivity (Wildman–Crippen MR) is 149 cm³/mol. The number of anilines is 1. The number of nitriles is 1. The third kappa shape index (κ3) is 4.61. The maximum absolute atomic E-state index is 13.5. The van der Waals surface area contributed by atoms with Crippen LogP contribution in [0.3, 0.4) is 0 Å². The average molecular weight is 572 g/mol. The van der Waals surface area contributed by atoms with E-state index in [1.54, 1.807) is 12.1 Å². The van der Waals surface area contributed by atoms with Crippen molar-refractivity contribution in [3.05, 3.63) is 116 Å². The molecule has 1 unspecified atom stereocenters. The molecular formula is C31H27BrFN3O2. The Labute approximate surface area is 230 Å². The van der Waals surface area contributed by atoms with Gasteiger partial charge < -0.3 is 10.5 Å². The third-order valence-corrected chi connectivity index (χ3v) is 7.90. The molecule has 2 N–H and O–H groups in total. The molecule has 0 bridgehead atoms. The minimum atomic E-state index is -0.564. The van der Waals surface area contributed by atoms with E-state index in [-0.39, 0.29) is 18.2 Å². The number of ether oxygens (including phenoxy) is 1. The van der Waals surface area contributed by atoms with Crippen molar-refractivity contribution in [2.24, 2.45) is 5.73 Å². The molecule has 2 aliphatic rings. The number of nitrogens with zero attached hydrogens (tertiary/aromatic N) is 2. The highest BCUT2D eigenvalue weighted by atomic mass is 79.9. The molecule has 0 fully saturated rings. The Morgan fingerprint density at radius 3 is 2.58 bits per heavy atom. The number of rotatable bonds is 5. The van der Waals surface area contributed by atoms with E-state index < -0.39 is 5.92 Å². The van der Waals surface area contributed by atoms with E-state index in [0.717, 1.165) is 44.5 Å². The third-order valence-electron chi connectivity index (χ3n) is 7.23. The Kier molecular flexibility index (Phi) is 7.09. The summed E-state index contributed by atoms with van der Waals surface area (Å²) in [5.41, 5.74) is 13.1. The minimum absolute atomic E-state index is 0.0403. The van der Waals surface area contributed by atoms with Crippen LogP contribution in [0.4, 0.5) is 10.1 Å². The molecule has 1 aliphatic heterocycles. The number of aryl methyl sites for hydroxylation is 1. The normalized spacial score (nSPS) is 17.4. The van der Waals surface area contributed by atoms with Crippen LogP contribution in [-0.4, -0.2) is 5.78 Å². The second-order valence-corrected chi connectivity index (χ2v) is 10.5. The molecule has 1 atom stereocenters. The van der Waals surface area contributed by atoms with E-state index in [1.807, 2.05) is 55.1 Å². The SMILES string of the molecule is Cc1cc(COc2ccc(F)cc2)c(C)c(C2C(C#N)=C(N)N(c3ccccc3Br)C3=C2C(=O)CCC3)c1. The van der Waals surface area contributed by atoms with Crippen molar-refractivity contribution < 1.29 is 13.9 Å². The summed E-state index contributed by atoms with van der Waals surface area (Å²) < 4.78 is 20.1. The molecule has 0 spiro atoms. The smallest absolute Gasteiger partial charge is 0.161 e. The number of benzene rings is 3. The summed E-state index contributed by atoms with van der Waals surface area (Å²) in [6.45, 7) is 4.23. The summed E-state index contributed by atoms with van der Waals surface area (Å²) in [4.78, 5) is 15.4. The van der Waals surface area contributed by atoms with Crippen LogP contribution in [0.5, 0.6) is 5.75 Å². The lowest BCUT2D eigenvalue weighted by Crippen LogP contribution is -2.39. The van der Waals surface area contributed by atoms with Crippen LogP contribution >= 0.6 is 15.9 Å². The van der Waals surface area contributed by atoms with Gasteiger partial charge in [-0.1, -0.05) is 29.8 Å². The van der Waals surface area contributed by atoms with E-state index in [4.69, 9.17) is 10.5 Å². The first kappa shape index (κ1) is 25.7. The summed E-state index contributed by atoms with van der Waals surface area (Å²) in [5.74, 6) is 0.0484. The van der Waals surface area contributed by atoms with Crippen molar-refractivity contribution >= 4 is 27.4 Å². The average Bonchev–Trinajstić information content (AvgIpc) is 2.90. The Bertz CT molecular complexity index is 1540. The maximum Gasteiger partial charge on any atom is 0.161 e. The number of carbonyl (C=O) groups excluding carboxylic acids is 1. The molecule has 3 aromatic rings. The second kappa shape index (κ2) is 10.5. The van der Waals surface area contributed by atoms with Crippen molar-refractivity contribution in [3.8, 4) is 11.8 Å². The van der Waals surface area contributed by atoms with Gasteiger partial charge in [-0.05, 0) is 95.7 Å². The number of ketones is 1. The molecular weight excluding hydrogens is 545 g/mol. The standard InChI is InChI=1S/C31H27BrFN3O2/c1-18-14-20(17-38-22-12-10-21(33)11-13-22)19(2)23(15-18)29-24(16-34)31(35)36(26-7-4-3-6-25(26)32)27-8-5-9-28(37)30(27)29/h3-4,6-7,10-15,29H,5,8-9,17,35H2,1-2H3. The fraction of sp³-hybridized carbons (Fsp3) is 0.226. The van der Waals surface area contributed by atoms with Gasteiger partial charge in [-0.3, -0.25) is 9.69 Å². The number of allylic oxidation sites excluding steroid dienone is 3. The van der Waals surface area contributed by atoms with E-state index in [9.17, 15) is 14.4 Å². The quantitative estimate of drug-likeness (QED) is 0.353. The molecule has 38 heavy (non-hydrogen) atoms. The number of nitrogens with two attached hydrogens (primary N) is 1. The molecule has 0 radical (unpaired) electrons. The van der Waals surface area contributed by atoms with Gasteiger partial charge >= 0.3 is 0 Å². The lowest BCUT2D eigenvalue weighted by Gasteiger charge is -2.40. The zero-order valence-corrected chi connectivity index (χ0v) is 22.8. The molecule has 1 heterocycles. The van der Waals surface area contributed by atoms with Crippen LogP contribution in [0.25, 0.3) is 0 Å². The fourth-order valence-electron chi connectivity index (χ4n) is 5.41. The van der Waals surface area contributed by atoms with Gasteiger partial charge in [-0.2, -0.15) is 5.26 Å². The summed E-state index contributed by atoms with van der Waals surface area (Å²) in [5, 5.41) is 10.4. The summed E-state index contributed by atoms with van der Waals surface area (Å²) in [6, 6.07) is 20.0. The number of para-hydroxylation sites is 1. The highest BCUT2D eigenvalue weighted by molar-refractivity contribution is 9.10. The van der Waals surface area contributed by atoms with Crippen LogP contribution in [-0.2, 0) is 11.4 Å². The molecule has 192 valence electrons. The van der Waals surface area contributed by atoms with Gasteiger partial charge in [-0.25, -0.2) is 4.39 Å². The topological polar surface area (TPSA) is 79.3 Å². The zero-order valence-electron chi connectivity index (χ0n) is 21.2. The molecule has 0 saturated carbocycles. The van der Waals surface area contributed by atoms with Gasteiger partial charge in [0.25, 0.3) is 0 Å². The number of carbonyl (C=O) groups is 1. The largest absolute Gasteiger partial charge is 0.489 e. The fourth-order valence-corrected chi connectivity index (χ4v) is 5.87. The van der Waals surface area contributed by atoms with Gasteiger partial charge in [-0.15, -0.1) is 0 Å². The van der Waals surface area contributed by atoms with Crippen molar-refractivity contribution in [1.82, 2.24) is 0 Å². The van der Waals surface area contributed by atoms with Crippen LogP contribution in [0.2, 0.25) is 0 Å². The Morgan fingerprint density at radius 1 is 1.13 bits per heavy atom. The Hall–Kier alpha value is -3.89. The molecule has 5 nitrogen and oxygen atoms in total. The highest BCUT2D eigenvalue weighted by Crippen LogP contribution is 2.48. The predicted octanol–water partition coefficient (Wildman–Crippen LogP) is 7.09. The number of hydrogen-bond donors (Lipinski definition) is 1. The van der Waals surface area contributed by atoms with Gasteiger partial charge in [0.2, 0.25) is 0 Å². The van der Waals surface area contributed by atoms with Crippen LogP contribution < -0.4 is 15.4 Å². The van der Waals surface area contributed by atoms with Crippen molar-refractivity contribution in [3.63, 3.8) is 0 Å². The second-order valence-electron chi connectivity index (χ2n) is 9.65. The van der Waals surface area contributed by atoms with Gasteiger partial charge in [0.15, 0.2) is 5.78 Å². The summed E-state index contributed by atoms with van der Waals surface area (Å²) >= 11 is 3.62. The van der Waals surface area contributed by atoms with Crippen molar-refractivity contribution in [2.75, 3.05) is 4.90 Å². The van der Waals surface area contributed by atoms with Gasteiger partial charge in [0.05, 0.1) is 23.2 Å². The number of halogens is 2. The van der Waals surface area contributed by atoms with Crippen LogP contribution in [0.1, 0.15) is 47.4 Å². The van der Waals surface area contributed by atoms with Gasteiger partial charge in [0.1, 0.15) is 24.0 Å². The lowest BCUT2D eigenvalue weighted by atomic mass is 9.73. The van der Waals surface area contributed by atoms with E-state index >= 15 is 0 Å². The molecule has 3 aromatic carbocycles. The molecule has 1 aliphatic carbocycles. The Balaban J connectivity index is 1.64. The monoisotopic (exact) mass is 571 g/mol. The van der Waals surface area contributed by atoms with Crippen LogP contribution in [0.15, 0.2) is 87.8 Å². The van der Waals surface area contributed by atoms with E-state index in [1.165, 1.54) is 12.1 Å². The first-order valence-electron chi connectivity index (χ1n) is 12.5. The zero-order chi connectivity index (χ0) is 27.0. The number of Topliss-reactive ketones (excluding diaryl/α,β-unsaturated/α-hetero) is 1. The highest BCUT2D eigenvalue weighted by Gasteiger charge is 2.41. The van der Waals surface area contributed by atoms with Crippen LogP contribution in [0, 0.1) is 31.0 Å². The molecule has 0 aromatic heterocycles. The van der Waals surface area contributed by atoms with E-state index in [0.29, 0.717) is 35.6 Å². The first-order valence-corrected chi connectivity index (χ1v) is 13.3.